The number of hydrogen-bond donors (Lipinski definition) is 1. The van der Waals surface area contributed by atoms with Gasteiger partial charge in [0.2, 0.25) is 0 Å². The number of aromatic nitrogens is 4. The van der Waals surface area contributed by atoms with Gasteiger partial charge in [-0.1, -0.05) is 33.3 Å². The quantitative estimate of drug-likeness (QED) is 0.509. The van der Waals surface area contributed by atoms with Crippen LogP contribution in [-0.4, -0.2) is 20.0 Å². The number of hydrogen-bond acceptors (Lipinski definition) is 5. The first-order chi connectivity index (χ1) is 12.5. The van der Waals surface area contributed by atoms with E-state index in [1.54, 1.807) is 0 Å². The van der Waals surface area contributed by atoms with Gasteiger partial charge in [-0.2, -0.15) is 4.68 Å². The zero-order chi connectivity index (χ0) is 18.3. The van der Waals surface area contributed by atoms with Crippen LogP contribution in [0.2, 0.25) is 0 Å². The minimum Gasteiger partial charge on any atom is -0.382 e. The first-order valence-electron chi connectivity index (χ1n) is 7.41. The SMILES string of the molecule is Nc1c(-c2nc(-c3cccc(Br)c3)cs2)nnn1-c1cc(F)ccc1F. The van der Waals surface area contributed by atoms with Crippen molar-refractivity contribution in [1.29, 1.82) is 0 Å². The molecule has 2 aromatic carbocycles. The minimum atomic E-state index is -0.650. The van der Waals surface area contributed by atoms with Crippen LogP contribution in [0.15, 0.2) is 52.3 Å². The Morgan fingerprint density at radius 1 is 1.12 bits per heavy atom. The second-order valence-electron chi connectivity index (χ2n) is 5.38. The molecule has 0 amide bonds. The van der Waals surface area contributed by atoms with Crippen molar-refractivity contribution in [2.24, 2.45) is 0 Å². The van der Waals surface area contributed by atoms with E-state index < -0.39 is 11.6 Å². The van der Waals surface area contributed by atoms with Gasteiger partial charge in [-0.15, -0.1) is 16.4 Å². The number of rotatable bonds is 3. The third kappa shape index (κ3) is 2.99. The molecule has 0 aliphatic rings. The third-order valence-corrected chi connectivity index (χ3v) is 5.01. The number of nitrogens with two attached hydrogens (primary N) is 1. The lowest BCUT2D eigenvalue weighted by atomic mass is 10.2. The lowest BCUT2D eigenvalue weighted by Crippen LogP contribution is -2.05. The highest BCUT2D eigenvalue weighted by Gasteiger charge is 2.19. The van der Waals surface area contributed by atoms with E-state index in [2.05, 4.69) is 31.2 Å². The van der Waals surface area contributed by atoms with Gasteiger partial charge in [0.25, 0.3) is 0 Å². The molecule has 2 N–H and O–H groups in total. The molecule has 26 heavy (non-hydrogen) atoms. The maximum absolute atomic E-state index is 14.0. The standard InChI is InChI=1S/C17H10BrF2N5S/c18-10-3-1-2-9(6-10)13-8-26-17(22-13)15-16(21)25(24-23-15)14-7-11(19)4-5-12(14)20/h1-8H,21H2. The second kappa shape index (κ2) is 6.58. The van der Waals surface area contributed by atoms with Crippen LogP contribution in [0.1, 0.15) is 0 Å². The molecule has 0 aliphatic carbocycles. The Bertz CT molecular complexity index is 1110. The van der Waals surface area contributed by atoms with E-state index in [4.69, 9.17) is 5.73 Å². The summed E-state index contributed by atoms with van der Waals surface area (Å²) in [7, 11) is 0. The third-order valence-electron chi connectivity index (χ3n) is 3.67. The van der Waals surface area contributed by atoms with Gasteiger partial charge < -0.3 is 5.73 Å². The number of halogens is 3. The monoisotopic (exact) mass is 433 g/mol. The normalized spacial score (nSPS) is 11.0. The highest BCUT2D eigenvalue weighted by molar-refractivity contribution is 9.10. The lowest BCUT2D eigenvalue weighted by Gasteiger charge is -2.04. The van der Waals surface area contributed by atoms with E-state index in [9.17, 15) is 8.78 Å². The van der Waals surface area contributed by atoms with Gasteiger partial charge in [-0.25, -0.2) is 13.8 Å². The lowest BCUT2D eigenvalue weighted by molar-refractivity contribution is 0.585. The van der Waals surface area contributed by atoms with Gasteiger partial charge in [0, 0.05) is 21.5 Å². The summed E-state index contributed by atoms with van der Waals surface area (Å²) in [6, 6.07) is 10.8. The number of anilines is 1. The first-order valence-corrected chi connectivity index (χ1v) is 9.08. The van der Waals surface area contributed by atoms with Crippen molar-refractivity contribution in [2.45, 2.75) is 0 Å². The van der Waals surface area contributed by atoms with Crippen molar-refractivity contribution < 1.29 is 8.78 Å². The fraction of sp³-hybridized carbons (Fsp3) is 0. The maximum atomic E-state index is 14.0. The average molecular weight is 434 g/mol. The number of benzene rings is 2. The molecule has 0 spiro atoms. The summed E-state index contributed by atoms with van der Waals surface area (Å²) in [5.41, 5.74) is 7.97. The van der Waals surface area contributed by atoms with E-state index in [1.807, 2.05) is 29.6 Å². The highest BCUT2D eigenvalue weighted by atomic mass is 79.9. The zero-order valence-corrected chi connectivity index (χ0v) is 15.4. The average Bonchev–Trinajstić information content (AvgIpc) is 3.24. The predicted octanol–water partition coefficient (Wildman–Crippen LogP) is 4.68. The molecule has 0 fully saturated rings. The van der Waals surface area contributed by atoms with E-state index in [1.165, 1.54) is 11.3 Å². The maximum Gasteiger partial charge on any atom is 0.165 e. The Balaban J connectivity index is 1.74. The largest absolute Gasteiger partial charge is 0.382 e. The molecule has 9 heteroatoms. The molecule has 0 unspecified atom stereocenters. The van der Waals surface area contributed by atoms with Gasteiger partial charge >= 0.3 is 0 Å². The molecular formula is C17H10BrF2N5S. The molecule has 0 bridgehead atoms. The van der Waals surface area contributed by atoms with Crippen LogP contribution in [0.25, 0.3) is 27.6 Å². The fourth-order valence-electron chi connectivity index (χ4n) is 2.43. The molecule has 5 nitrogen and oxygen atoms in total. The highest BCUT2D eigenvalue weighted by Crippen LogP contribution is 2.32. The summed E-state index contributed by atoms with van der Waals surface area (Å²) in [5, 5.41) is 10.3. The van der Waals surface area contributed by atoms with E-state index in [0.29, 0.717) is 10.7 Å². The smallest absolute Gasteiger partial charge is 0.165 e. The van der Waals surface area contributed by atoms with Crippen LogP contribution in [0.3, 0.4) is 0 Å². The van der Waals surface area contributed by atoms with Crippen LogP contribution >= 0.6 is 27.3 Å². The Hall–Kier alpha value is -2.65. The molecule has 0 aliphatic heterocycles. The Morgan fingerprint density at radius 2 is 1.96 bits per heavy atom. The zero-order valence-electron chi connectivity index (χ0n) is 13.0. The Morgan fingerprint density at radius 3 is 2.77 bits per heavy atom. The number of nitrogens with zero attached hydrogens (tertiary/aromatic N) is 4. The summed E-state index contributed by atoms with van der Waals surface area (Å²) < 4.78 is 29.4. The van der Waals surface area contributed by atoms with Crippen molar-refractivity contribution in [1.82, 2.24) is 20.0 Å². The van der Waals surface area contributed by atoms with Crippen LogP contribution in [-0.2, 0) is 0 Å². The molecule has 0 saturated carbocycles. The summed E-state index contributed by atoms with van der Waals surface area (Å²) in [5.74, 6) is -1.16. The molecule has 0 saturated heterocycles. The molecule has 4 aromatic rings. The summed E-state index contributed by atoms with van der Waals surface area (Å²) in [4.78, 5) is 4.53. The molecule has 2 heterocycles. The van der Waals surface area contributed by atoms with Crippen molar-refractivity contribution in [3.05, 3.63) is 64.0 Å². The van der Waals surface area contributed by atoms with Crippen molar-refractivity contribution >= 4 is 33.1 Å². The van der Waals surface area contributed by atoms with Crippen molar-refractivity contribution in [3.63, 3.8) is 0 Å². The topological polar surface area (TPSA) is 69.6 Å². The summed E-state index contributed by atoms with van der Waals surface area (Å²) in [6.45, 7) is 0. The van der Waals surface area contributed by atoms with Gasteiger partial charge in [0.15, 0.2) is 11.5 Å². The van der Waals surface area contributed by atoms with E-state index >= 15 is 0 Å². The number of thiazole rings is 1. The molecule has 2 aromatic heterocycles. The van der Waals surface area contributed by atoms with Crippen LogP contribution in [0.4, 0.5) is 14.6 Å². The van der Waals surface area contributed by atoms with Gasteiger partial charge in [0.1, 0.15) is 22.3 Å². The van der Waals surface area contributed by atoms with E-state index in [-0.39, 0.29) is 11.5 Å². The van der Waals surface area contributed by atoms with Crippen molar-refractivity contribution in [2.75, 3.05) is 5.73 Å². The molecule has 130 valence electrons. The van der Waals surface area contributed by atoms with Gasteiger partial charge in [-0.3, -0.25) is 0 Å². The molecular weight excluding hydrogens is 424 g/mol. The molecule has 4 rings (SSSR count). The number of nitrogen functional groups attached to an aromatic ring is 1. The molecule has 0 atom stereocenters. The van der Waals surface area contributed by atoms with Crippen molar-refractivity contribution in [3.8, 4) is 27.6 Å². The fourth-order valence-corrected chi connectivity index (χ4v) is 3.65. The summed E-state index contributed by atoms with van der Waals surface area (Å²) >= 11 is 4.77. The van der Waals surface area contributed by atoms with Crippen LogP contribution in [0, 0.1) is 11.6 Å². The second-order valence-corrected chi connectivity index (χ2v) is 7.15. The van der Waals surface area contributed by atoms with E-state index in [0.717, 1.165) is 38.6 Å². The summed E-state index contributed by atoms with van der Waals surface area (Å²) in [6.07, 6.45) is 0. The first kappa shape index (κ1) is 16.8. The Kier molecular flexibility index (Phi) is 4.25. The van der Waals surface area contributed by atoms with Crippen LogP contribution < -0.4 is 5.73 Å². The van der Waals surface area contributed by atoms with Gasteiger partial charge in [-0.05, 0) is 24.3 Å². The van der Waals surface area contributed by atoms with Crippen LogP contribution in [0.5, 0.6) is 0 Å². The minimum absolute atomic E-state index is 0.0876. The Labute approximate surface area is 159 Å². The molecule has 0 radical (unpaired) electrons. The van der Waals surface area contributed by atoms with Gasteiger partial charge in [0.05, 0.1) is 5.69 Å². The predicted molar refractivity (Wildman–Crippen MR) is 99.9 cm³/mol.